The molecule has 2 unspecified atom stereocenters. The first-order valence-electron chi connectivity index (χ1n) is 11.4. The van der Waals surface area contributed by atoms with Crippen LogP contribution in [0.4, 0.5) is 13.2 Å². The van der Waals surface area contributed by atoms with Crippen LogP contribution in [0.1, 0.15) is 51.2 Å². The van der Waals surface area contributed by atoms with E-state index in [1.807, 2.05) is 36.9 Å². The van der Waals surface area contributed by atoms with E-state index in [0.717, 1.165) is 24.4 Å². The lowest BCUT2D eigenvalue weighted by Gasteiger charge is -2.41. The molecule has 1 amide bonds. The van der Waals surface area contributed by atoms with Crippen molar-refractivity contribution in [2.45, 2.75) is 69.9 Å². The zero-order valence-corrected chi connectivity index (χ0v) is 19.1. The van der Waals surface area contributed by atoms with Gasteiger partial charge in [-0.3, -0.25) is 9.80 Å². The minimum absolute atomic E-state index is 0.0418. The maximum Gasteiger partial charge on any atom is 0.416 e. The van der Waals surface area contributed by atoms with Crippen LogP contribution >= 0.6 is 0 Å². The van der Waals surface area contributed by atoms with Crippen LogP contribution in [0.15, 0.2) is 36.2 Å². The molecule has 1 aromatic rings. The molecule has 4 rings (SSSR count). The quantitative estimate of drug-likeness (QED) is 0.533. The number of hydrogen-bond acceptors (Lipinski definition) is 6. The van der Waals surface area contributed by atoms with Crippen LogP contribution in [-0.2, 0) is 16.6 Å². The van der Waals surface area contributed by atoms with Gasteiger partial charge in [0.1, 0.15) is 0 Å². The van der Waals surface area contributed by atoms with E-state index in [9.17, 15) is 23.1 Å². The summed E-state index contributed by atoms with van der Waals surface area (Å²) >= 11 is 0. The van der Waals surface area contributed by atoms with Gasteiger partial charge in [0.2, 0.25) is 5.91 Å². The molecule has 3 heterocycles. The molecule has 0 saturated carbocycles. The Morgan fingerprint density at radius 2 is 1.91 bits per heavy atom. The van der Waals surface area contributed by atoms with Crippen molar-refractivity contribution in [2.75, 3.05) is 13.1 Å². The lowest BCUT2D eigenvalue weighted by atomic mass is 9.78. The standard InChI is InChI=1S/C23H32F3N5O2/c1-14(2)31-12-16(8-21(31)32)11-30-13-20(28-29-30)19-10-22(33,9-15(3)27-19)17-4-6-18(7-5-17)23(24,25)26/h4-7,13-16,19,27-29,33H,8-12H2,1-3H3/t15-,16?,19-,22?/m0/s1. The molecule has 2 saturated heterocycles. The van der Waals surface area contributed by atoms with Gasteiger partial charge in [-0.05, 0) is 44.9 Å². The third-order valence-corrected chi connectivity index (χ3v) is 6.75. The zero-order chi connectivity index (χ0) is 24.0. The van der Waals surface area contributed by atoms with Crippen LogP contribution in [0, 0.1) is 5.92 Å². The Balaban J connectivity index is 1.43. The monoisotopic (exact) mass is 467 g/mol. The molecule has 0 aliphatic carbocycles. The van der Waals surface area contributed by atoms with E-state index < -0.39 is 17.3 Å². The second-order valence-electron chi connectivity index (χ2n) is 9.82. The molecule has 0 spiro atoms. The Hall–Kier alpha value is -2.30. The van der Waals surface area contributed by atoms with E-state index in [4.69, 9.17) is 0 Å². The van der Waals surface area contributed by atoms with Gasteiger partial charge in [0.05, 0.1) is 22.9 Å². The Morgan fingerprint density at radius 1 is 1.21 bits per heavy atom. The summed E-state index contributed by atoms with van der Waals surface area (Å²) in [5.41, 5.74) is 5.61. The first-order valence-corrected chi connectivity index (χ1v) is 11.4. The number of amides is 1. The number of benzene rings is 1. The van der Waals surface area contributed by atoms with Crippen molar-refractivity contribution in [2.24, 2.45) is 5.92 Å². The second kappa shape index (κ2) is 8.81. The van der Waals surface area contributed by atoms with Crippen molar-refractivity contribution in [3.63, 3.8) is 0 Å². The summed E-state index contributed by atoms with van der Waals surface area (Å²) in [5.74, 6) is 0.392. The highest BCUT2D eigenvalue weighted by atomic mass is 19.4. The SMILES string of the molecule is CC(C)N1CC(CN2C=C([C@@H]3CC(O)(c4ccc(C(F)(F)F)cc4)C[C@H](C)N3)NN2)CC1=O. The average Bonchev–Trinajstić information content (AvgIpc) is 3.33. The molecule has 7 nitrogen and oxygen atoms in total. The van der Waals surface area contributed by atoms with Gasteiger partial charge in [-0.15, -0.1) is 5.53 Å². The molecule has 3 aliphatic heterocycles. The van der Waals surface area contributed by atoms with Crippen molar-refractivity contribution < 1.29 is 23.1 Å². The van der Waals surface area contributed by atoms with Crippen molar-refractivity contribution in [3.05, 3.63) is 47.3 Å². The van der Waals surface area contributed by atoms with Gasteiger partial charge in [0.25, 0.3) is 0 Å². The van der Waals surface area contributed by atoms with Crippen molar-refractivity contribution in [3.8, 4) is 0 Å². The molecule has 0 aromatic heterocycles. The van der Waals surface area contributed by atoms with Gasteiger partial charge in [-0.2, -0.15) is 13.2 Å². The molecule has 0 radical (unpaired) electrons. The number of rotatable bonds is 5. The Kier molecular flexibility index (Phi) is 6.36. The first kappa shape index (κ1) is 23.8. The molecule has 182 valence electrons. The molecule has 4 N–H and O–H groups in total. The number of carbonyl (C=O) groups is 1. The maximum absolute atomic E-state index is 12.9. The van der Waals surface area contributed by atoms with E-state index >= 15 is 0 Å². The summed E-state index contributed by atoms with van der Waals surface area (Å²) in [5, 5.41) is 16.8. The molecular weight excluding hydrogens is 435 g/mol. The minimum Gasteiger partial charge on any atom is -0.385 e. The van der Waals surface area contributed by atoms with Gasteiger partial charge < -0.3 is 20.7 Å². The van der Waals surface area contributed by atoms with Crippen molar-refractivity contribution >= 4 is 5.91 Å². The third-order valence-electron chi connectivity index (χ3n) is 6.75. The summed E-state index contributed by atoms with van der Waals surface area (Å²) in [6.45, 7) is 7.37. The van der Waals surface area contributed by atoms with Crippen molar-refractivity contribution in [1.82, 2.24) is 26.2 Å². The maximum atomic E-state index is 12.9. The average molecular weight is 468 g/mol. The van der Waals surface area contributed by atoms with E-state index in [-0.39, 0.29) is 30.0 Å². The number of alkyl halides is 3. The number of nitrogens with zero attached hydrogens (tertiary/aromatic N) is 2. The van der Waals surface area contributed by atoms with E-state index in [1.165, 1.54) is 12.1 Å². The van der Waals surface area contributed by atoms with E-state index in [2.05, 4.69) is 16.3 Å². The number of hydrogen-bond donors (Lipinski definition) is 4. The van der Waals surface area contributed by atoms with Crippen LogP contribution in [0.25, 0.3) is 0 Å². The Labute approximate surface area is 191 Å². The zero-order valence-electron chi connectivity index (χ0n) is 19.1. The molecule has 1 aromatic carbocycles. The highest BCUT2D eigenvalue weighted by Gasteiger charge is 2.42. The number of piperidine rings is 1. The normalized spacial score (nSPS) is 30.7. The summed E-state index contributed by atoms with van der Waals surface area (Å²) in [6.07, 6.45) is -1.24. The lowest BCUT2D eigenvalue weighted by molar-refractivity contribution is -0.137. The highest BCUT2D eigenvalue weighted by Crippen LogP contribution is 2.38. The first-order chi connectivity index (χ1) is 15.4. The van der Waals surface area contributed by atoms with Crippen LogP contribution in [0.5, 0.6) is 0 Å². The minimum atomic E-state index is -4.41. The van der Waals surface area contributed by atoms with E-state index in [1.54, 1.807) is 0 Å². The van der Waals surface area contributed by atoms with Crippen molar-refractivity contribution in [1.29, 1.82) is 0 Å². The molecule has 33 heavy (non-hydrogen) atoms. The highest BCUT2D eigenvalue weighted by molar-refractivity contribution is 5.78. The number of carbonyl (C=O) groups excluding carboxylic acids is 1. The fourth-order valence-electron chi connectivity index (χ4n) is 5.15. The molecular formula is C23H32F3N5O2. The fraction of sp³-hybridized carbons (Fsp3) is 0.609. The topological polar surface area (TPSA) is 79.9 Å². The number of likely N-dealkylation sites (tertiary alicyclic amines) is 1. The molecule has 2 fully saturated rings. The van der Waals surface area contributed by atoms with Gasteiger partial charge in [0.15, 0.2) is 0 Å². The fourth-order valence-corrected chi connectivity index (χ4v) is 5.15. The third kappa shape index (κ3) is 5.12. The van der Waals surface area contributed by atoms with Crippen LogP contribution in [0.2, 0.25) is 0 Å². The van der Waals surface area contributed by atoms with Crippen LogP contribution in [0.3, 0.4) is 0 Å². The largest absolute Gasteiger partial charge is 0.416 e. The van der Waals surface area contributed by atoms with Crippen LogP contribution < -0.4 is 16.3 Å². The number of hydrazine groups is 2. The summed E-state index contributed by atoms with van der Waals surface area (Å²) in [6, 6.07) is 4.72. The van der Waals surface area contributed by atoms with Gasteiger partial charge >= 0.3 is 6.18 Å². The van der Waals surface area contributed by atoms with Gasteiger partial charge in [-0.25, -0.2) is 0 Å². The summed E-state index contributed by atoms with van der Waals surface area (Å²) in [7, 11) is 0. The predicted molar refractivity (Wildman–Crippen MR) is 117 cm³/mol. The van der Waals surface area contributed by atoms with Gasteiger partial charge in [0, 0.05) is 50.1 Å². The van der Waals surface area contributed by atoms with E-state index in [0.29, 0.717) is 31.4 Å². The predicted octanol–water partition coefficient (Wildman–Crippen LogP) is 2.46. The number of halogens is 3. The number of aliphatic hydroxyl groups is 1. The summed E-state index contributed by atoms with van der Waals surface area (Å²) < 4.78 is 38.8. The molecule has 4 atom stereocenters. The van der Waals surface area contributed by atoms with Gasteiger partial charge in [-0.1, -0.05) is 12.1 Å². The van der Waals surface area contributed by atoms with Crippen LogP contribution in [-0.4, -0.2) is 52.1 Å². The summed E-state index contributed by atoms with van der Waals surface area (Å²) in [4.78, 5) is 14.1. The Bertz CT molecular complexity index is 904. The lowest BCUT2D eigenvalue weighted by Crippen LogP contribution is -2.53. The second-order valence-corrected chi connectivity index (χ2v) is 9.82. The Morgan fingerprint density at radius 3 is 2.52 bits per heavy atom. The number of nitrogens with one attached hydrogen (secondary N) is 3. The molecule has 3 aliphatic rings. The molecule has 0 bridgehead atoms. The smallest absolute Gasteiger partial charge is 0.385 e. The molecule has 10 heteroatoms.